The van der Waals surface area contributed by atoms with Crippen molar-refractivity contribution < 1.29 is 14.3 Å². The summed E-state index contributed by atoms with van der Waals surface area (Å²) in [5.41, 5.74) is 1.50. The molecule has 0 amide bonds. The largest absolute Gasteiger partial charge is 0.475 e. The molecule has 0 unspecified atom stereocenters. The highest BCUT2D eigenvalue weighted by Gasteiger charge is 2.11. The summed E-state index contributed by atoms with van der Waals surface area (Å²) in [5, 5.41) is 9.21. The van der Waals surface area contributed by atoms with E-state index in [-0.39, 0.29) is 11.3 Å². The van der Waals surface area contributed by atoms with Crippen LogP contribution in [0.25, 0.3) is 11.0 Å². The van der Waals surface area contributed by atoms with Crippen LogP contribution in [0.15, 0.2) is 50.7 Å². The number of H-pyrrole nitrogens is 1. The van der Waals surface area contributed by atoms with Gasteiger partial charge in [-0.1, -0.05) is 23.9 Å². The quantitative estimate of drug-likeness (QED) is 0.719. The van der Waals surface area contributed by atoms with Gasteiger partial charge in [-0.3, -0.25) is 4.79 Å². The molecule has 0 aliphatic heterocycles. The second kappa shape index (κ2) is 5.45. The van der Waals surface area contributed by atoms with Crippen molar-refractivity contribution in [1.29, 1.82) is 0 Å². The fraction of sp³-hybridized carbons (Fsp3) is 0.0714. The second-order valence-corrected chi connectivity index (χ2v) is 5.22. The Morgan fingerprint density at radius 1 is 1.29 bits per heavy atom. The van der Waals surface area contributed by atoms with Gasteiger partial charge in [0.2, 0.25) is 5.76 Å². The Bertz CT molecular complexity index is 869. The lowest BCUT2D eigenvalue weighted by Gasteiger charge is -2.01. The SMILES string of the molecule is O=C(O)c1ccc(SCc2nc3ccccc3[nH]c2=O)o1. The summed E-state index contributed by atoms with van der Waals surface area (Å²) in [7, 11) is 0. The molecule has 0 fully saturated rings. The van der Waals surface area contributed by atoms with Gasteiger partial charge in [-0.2, -0.15) is 0 Å². The third-order valence-corrected chi connectivity index (χ3v) is 3.73. The molecule has 3 aromatic rings. The van der Waals surface area contributed by atoms with Gasteiger partial charge in [0.15, 0.2) is 5.09 Å². The number of fused-ring (bicyclic) bond motifs is 1. The Balaban J connectivity index is 1.82. The van der Waals surface area contributed by atoms with Gasteiger partial charge < -0.3 is 14.5 Å². The van der Waals surface area contributed by atoms with Crippen molar-refractivity contribution in [2.45, 2.75) is 10.8 Å². The molecular formula is C14H10N2O4S. The molecule has 0 spiro atoms. The predicted molar refractivity (Wildman–Crippen MR) is 77.6 cm³/mol. The highest BCUT2D eigenvalue weighted by atomic mass is 32.2. The van der Waals surface area contributed by atoms with Crippen LogP contribution in [0.4, 0.5) is 0 Å². The summed E-state index contributed by atoms with van der Waals surface area (Å²) in [4.78, 5) is 29.7. The zero-order valence-electron chi connectivity index (χ0n) is 10.7. The van der Waals surface area contributed by atoms with Gasteiger partial charge in [0.05, 0.1) is 11.0 Å². The molecule has 106 valence electrons. The fourth-order valence-electron chi connectivity index (χ4n) is 1.82. The van der Waals surface area contributed by atoms with Crippen molar-refractivity contribution in [3.8, 4) is 0 Å². The number of aromatic nitrogens is 2. The molecule has 21 heavy (non-hydrogen) atoms. The molecular weight excluding hydrogens is 292 g/mol. The third-order valence-electron chi connectivity index (χ3n) is 2.81. The van der Waals surface area contributed by atoms with E-state index in [1.54, 1.807) is 12.1 Å². The zero-order valence-corrected chi connectivity index (χ0v) is 11.5. The van der Waals surface area contributed by atoms with E-state index < -0.39 is 5.97 Å². The lowest BCUT2D eigenvalue weighted by molar-refractivity contribution is 0.0656. The molecule has 0 radical (unpaired) electrons. The van der Waals surface area contributed by atoms with E-state index in [2.05, 4.69) is 9.97 Å². The van der Waals surface area contributed by atoms with Gasteiger partial charge in [0.25, 0.3) is 5.56 Å². The van der Waals surface area contributed by atoms with Crippen molar-refractivity contribution in [1.82, 2.24) is 9.97 Å². The molecule has 1 aromatic carbocycles. The Morgan fingerprint density at radius 2 is 2.10 bits per heavy atom. The van der Waals surface area contributed by atoms with Gasteiger partial charge >= 0.3 is 5.97 Å². The summed E-state index contributed by atoms with van der Waals surface area (Å²) in [6.07, 6.45) is 0. The first kappa shape index (κ1) is 13.4. The van der Waals surface area contributed by atoms with Crippen LogP contribution in [0, 0.1) is 0 Å². The maximum absolute atomic E-state index is 11.9. The van der Waals surface area contributed by atoms with Crippen molar-refractivity contribution in [3.05, 3.63) is 58.2 Å². The summed E-state index contributed by atoms with van der Waals surface area (Å²) in [6, 6.07) is 10.2. The number of hydrogen-bond donors (Lipinski definition) is 2. The van der Waals surface area contributed by atoms with Gasteiger partial charge in [-0.25, -0.2) is 9.78 Å². The molecule has 2 heterocycles. The van der Waals surface area contributed by atoms with Crippen LogP contribution in [-0.2, 0) is 5.75 Å². The fourth-order valence-corrected chi connectivity index (χ4v) is 2.61. The number of nitrogens with zero attached hydrogens (tertiary/aromatic N) is 1. The Morgan fingerprint density at radius 3 is 2.86 bits per heavy atom. The van der Waals surface area contributed by atoms with Crippen molar-refractivity contribution in [2.24, 2.45) is 0 Å². The van der Waals surface area contributed by atoms with Crippen LogP contribution in [-0.4, -0.2) is 21.0 Å². The van der Waals surface area contributed by atoms with Crippen LogP contribution in [0.3, 0.4) is 0 Å². The minimum Gasteiger partial charge on any atom is -0.475 e. The summed E-state index contributed by atoms with van der Waals surface area (Å²) in [5.74, 6) is -0.950. The normalized spacial score (nSPS) is 10.9. The van der Waals surface area contributed by atoms with Gasteiger partial charge in [-0.05, 0) is 24.3 Å². The summed E-state index contributed by atoms with van der Waals surface area (Å²) in [6.45, 7) is 0. The molecule has 2 N–H and O–H groups in total. The molecule has 0 bridgehead atoms. The number of aromatic carboxylic acids is 1. The molecule has 6 nitrogen and oxygen atoms in total. The van der Waals surface area contributed by atoms with Crippen LogP contribution < -0.4 is 5.56 Å². The lowest BCUT2D eigenvalue weighted by Crippen LogP contribution is -2.14. The highest BCUT2D eigenvalue weighted by molar-refractivity contribution is 7.98. The van der Waals surface area contributed by atoms with Crippen molar-refractivity contribution >= 4 is 28.8 Å². The number of rotatable bonds is 4. The van der Waals surface area contributed by atoms with Crippen LogP contribution in [0.2, 0.25) is 0 Å². The third kappa shape index (κ3) is 2.82. The van der Waals surface area contributed by atoms with Crippen LogP contribution in [0.5, 0.6) is 0 Å². The van der Waals surface area contributed by atoms with E-state index in [1.807, 2.05) is 18.2 Å². The topological polar surface area (TPSA) is 96.2 Å². The number of para-hydroxylation sites is 2. The number of hydrogen-bond acceptors (Lipinski definition) is 5. The van der Waals surface area contributed by atoms with E-state index in [4.69, 9.17) is 9.52 Å². The molecule has 0 atom stereocenters. The number of carboxylic acids is 1. The summed E-state index contributed by atoms with van der Waals surface area (Å²) >= 11 is 1.22. The maximum atomic E-state index is 11.9. The minimum atomic E-state index is -1.12. The number of nitrogens with one attached hydrogen (secondary N) is 1. The molecule has 0 saturated carbocycles. The van der Waals surface area contributed by atoms with Crippen LogP contribution in [0.1, 0.15) is 16.2 Å². The van der Waals surface area contributed by atoms with E-state index in [9.17, 15) is 9.59 Å². The Kier molecular flexibility index (Phi) is 3.49. The molecule has 0 aliphatic carbocycles. The Hall–Kier alpha value is -2.54. The summed E-state index contributed by atoms with van der Waals surface area (Å²) < 4.78 is 5.12. The average molecular weight is 302 g/mol. The van der Waals surface area contributed by atoms with Crippen molar-refractivity contribution in [3.63, 3.8) is 0 Å². The standard InChI is InChI=1S/C14H10N2O4S/c17-13-10(15-8-3-1-2-4-9(8)16-13)7-21-12-6-5-11(20-12)14(18)19/h1-6H,7H2,(H,16,17)(H,18,19). The second-order valence-electron chi connectivity index (χ2n) is 4.24. The lowest BCUT2D eigenvalue weighted by atomic mass is 10.3. The number of benzene rings is 1. The molecule has 0 aliphatic rings. The average Bonchev–Trinajstić information content (AvgIpc) is 2.94. The van der Waals surface area contributed by atoms with Gasteiger partial charge in [0.1, 0.15) is 5.69 Å². The first-order valence-corrected chi connectivity index (χ1v) is 7.06. The highest BCUT2D eigenvalue weighted by Crippen LogP contribution is 2.23. The van der Waals surface area contributed by atoms with Gasteiger partial charge in [-0.15, -0.1) is 0 Å². The number of thioether (sulfide) groups is 1. The van der Waals surface area contributed by atoms with E-state index >= 15 is 0 Å². The smallest absolute Gasteiger partial charge is 0.371 e. The maximum Gasteiger partial charge on any atom is 0.371 e. The predicted octanol–water partition coefficient (Wildman–Crippen LogP) is 2.51. The van der Waals surface area contributed by atoms with Crippen LogP contribution >= 0.6 is 11.8 Å². The number of carboxylic acid groups (broad SMARTS) is 1. The van der Waals surface area contributed by atoms with E-state index in [0.29, 0.717) is 27.6 Å². The van der Waals surface area contributed by atoms with E-state index in [0.717, 1.165) is 0 Å². The van der Waals surface area contributed by atoms with Crippen molar-refractivity contribution in [2.75, 3.05) is 0 Å². The molecule has 7 heteroatoms. The van der Waals surface area contributed by atoms with E-state index in [1.165, 1.54) is 17.8 Å². The molecule has 3 rings (SSSR count). The molecule has 0 saturated heterocycles. The Labute approximate surface area is 122 Å². The van der Waals surface area contributed by atoms with Gasteiger partial charge in [0, 0.05) is 5.75 Å². The first-order chi connectivity index (χ1) is 10.1. The first-order valence-electron chi connectivity index (χ1n) is 6.07. The monoisotopic (exact) mass is 302 g/mol. The number of carbonyl (C=O) groups is 1. The minimum absolute atomic E-state index is 0.127. The number of furan rings is 1. The number of aromatic amines is 1. The zero-order chi connectivity index (χ0) is 14.8. The molecule has 2 aromatic heterocycles.